The second-order valence-corrected chi connectivity index (χ2v) is 8.39. The highest BCUT2D eigenvalue weighted by molar-refractivity contribution is 6.30. The van der Waals surface area contributed by atoms with Crippen LogP contribution < -0.4 is 0 Å². The van der Waals surface area contributed by atoms with E-state index in [4.69, 9.17) is 16.3 Å². The molecule has 1 unspecified atom stereocenters. The molecule has 0 saturated carbocycles. The SMILES string of the molecule is CCC[C@](O)(c1cccc(Cl)c1)C1CCCN(C(=O)OC(C)(C)C)C1. The van der Waals surface area contributed by atoms with Crippen LogP contribution in [0.15, 0.2) is 24.3 Å². The van der Waals surface area contributed by atoms with E-state index in [1.165, 1.54) is 0 Å². The van der Waals surface area contributed by atoms with Crippen molar-refractivity contribution in [1.29, 1.82) is 0 Å². The fraction of sp³-hybridized carbons (Fsp3) is 0.650. The second-order valence-electron chi connectivity index (χ2n) is 7.95. The molecule has 1 fully saturated rings. The van der Waals surface area contributed by atoms with Crippen molar-refractivity contribution in [3.8, 4) is 0 Å². The number of halogens is 1. The van der Waals surface area contributed by atoms with Crippen molar-refractivity contribution in [1.82, 2.24) is 4.90 Å². The Morgan fingerprint density at radius 3 is 2.72 bits per heavy atom. The average molecular weight is 368 g/mol. The van der Waals surface area contributed by atoms with Crippen LogP contribution in [0.2, 0.25) is 5.02 Å². The number of carbonyl (C=O) groups is 1. The molecule has 25 heavy (non-hydrogen) atoms. The first kappa shape index (κ1) is 20.1. The molecule has 0 spiro atoms. The Bertz CT molecular complexity index is 599. The number of hydrogen-bond donors (Lipinski definition) is 1. The molecule has 4 nitrogen and oxygen atoms in total. The van der Waals surface area contributed by atoms with Crippen molar-refractivity contribution >= 4 is 17.7 Å². The summed E-state index contributed by atoms with van der Waals surface area (Å²) in [5.74, 6) is -0.0350. The van der Waals surface area contributed by atoms with Gasteiger partial charge in [0.1, 0.15) is 5.60 Å². The van der Waals surface area contributed by atoms with Gasteiger partial charge in [0.2, 0.25) is 0 Å². The molecule has 2 atom stereocenters. The van der Waals surface area contributed by atoms with E-state index in [0.717, 1.165) is 24.8 Å². The minimum atomic E-state index is -0.986. The van der Waals surface area contributed by atoms with E-state index >= 15 is 0 Å². The van der Waals surface area contributed by atoms with Crippen molar-refractivity contribution in [2.45, 2.75) is 64.6 Å². The summed E-state index contributed by atoms with van der Waals surface area (Å²) in [5.41, 5.74) is -0.672. The lowest BCUT2D eigenvalue weighted by Gasteiger charge is -2.43. The zero-order valence-electron chi connectivity index (χ0n) is 15.7. The van der Waals surface area contributed by atoms with Gasteiger partial charge in [0.15, 0.2) is 0 Å². The minimum Gasteiger partial charge on any atom is -0.444 e. The summed E-state index contributed by atoms with van der Waals surface area (Å²) in [4.78, 5) is 14.2. The molecule has 1 aliphatic heterocycles. The summed E-state index contributed by atoms with van der Waals surface area (Å²) >= 11 is 6.15. The number of nitrogens with zero attached hydrogens (tertiary/aromatic N) is 1. The maximum atomic E-state index is 12.4. The third kappa shape index (κ3) is 5.11. The number of amides is 1. The van der Waals surface area contributed by atoms with Gasteiger partial charge in [-0.3, -0.25) is 0 Å². The van der Waals surface area contributed by atoms with E-state index in [1.807, 2.05) is 45.0 Å². The highest BCUT2D eigenvalue weighted by atomic mass is 35.5. The quantitative estimate of drug-likeness (QED) is 0.816. The van der Waals surface area contributed by atoms with Gasteiger partial charge in [0, 0.05) is 24.0 Å². The van der Waals surface area contributed by atoms with Crippen LogP contribution in [0.25, 0.3) is 0 Å². The summed E-state index contributed by atoms with van der Waals surface area (Å²) in [7, 11) is 0. The summed E-state index contributed by atoms with van der Waals surface area (Å²) < 4.78 is 5.51. The molecule has 1 heterocycles. The Hall–Kier alpha value is -1.26. The third-order valence-corrected chi connectivity index (χ3v) is 4.94. The molecular formula is C20H30ClNO3. The monoisotopic (exact) mass is 367 g/mol. The van der Waals surface area contributed by atoms with Crippen LogP contribution in [-0.2, 0) is 10.3 Å². The normalized spacial score (nSPS) is 20.9. The van der Waals surface area contributed by atoms with Crippen molar-refractivity contribution in [3.05, 3.63) is 34.9 Å². The first-order chi connectivity index (χ1) is 11.7. The second kappa shape index (κ2) is 7.96. The zero-order chi connectivity index (χ0) is 18.7. The number of rotatable bonds is 4. The van der Waals surface area contributed by atoms with Crippen LogP contribution in [0.1, 0.15) is 58.9 Å². The van der Waals surface area contributed by atoms with Crippen LogP contribution in [0.5, 0.6) is 0 Å². The molecule has 5 heteroatoms. The number of piperidine rings is 1. The molecule has 140 valence electrons. The fourth-order valence-electron chi connectivity index (χ4n) is 3.58. The van der Waals surface area contributed by atoms with Gasteiger partial charge in [0.05, 0.1) is 5.60 Å². The van der Waals surface area contributed by atoms with E-state index in [1.54, 1.807) is 4.90 Å². The molecule has 0 bridgehead atoms. The Morgan fingerprint density at radius 2 is 2.12 bits per heavy atom. The standard InChI is InChI=1S/C20H30ClNO3/c1-5-11-20(24,15-8-6-10-17(21)13-15)16-9-7-12-22(14-16)18(23)25-19(2,3)4/h6,8,10,13,16,24H,5,7,9,11-12,14H2,1-4H3/t16?,20-/m0/s1. The molecule has 1 saturated heterocycles. The fourth-order valence-corrected chi connectivity index (χ4v) is 3.77. The smallest absolute Gasteiger partial charge is 0.410 e. The first-order valence-electron chi connectivity index (χ1n) is 9.12. The van der Waals surface area contributed by atoms with Crippen molar-refractivity contribution in [2.75, 3.05) is 13.1 Å². The van der Waals surface area contributed by atoms with Crippen LogP contribution in [-0.4, -0.2) is 34.8 Å². The first-order valence-corrected chi connectivity index (χ1v) is 9.50. The summed E-state index contributed by atoms with van der Waals surface area (Å²) in [5, 5.41) is 12.1. The maximum absolute atomic E-state index is 12.4. The van der Waals surface area contributed by atoms with Gasteiger partial charge in [0.25, 0.3) is 0 Å². The van der Waals surface area contributed by atoms with Gasteiger partial charge >= 0.3 is 6.09 Å². The topological polar surface area (TPSA) is 49.8 Å². The maximum Gasteiger partial charge on any atom is 0.410 e. The number of ether oxygens (including phenoxy) is 1. The van der Waals surface area contributed by atoms with Crippen molar-refractivity contribution < 1.29 is 14.6 Å². The van der Waals surface area contributed by atoms with Gasteiger partial charge in [-0.1, -0.05) is 37.1 Å². The zero-order valence-corrected chi connectivity index (χ0v) is 16.5. The molecule has 2 rings (SSSR count). The summed E-state index contributed by atoms with van der Waals surface area (Å²) in [6, 6.07) is 7.44. The largest absolute Gasteiger partial charge is 0.444 e. The van der Waals surface area contributed by atoms with E-state index < -0.39 is 11.2 Å². The number of carbonyl (C=O) groups excluding carboxylic acids is 1. The lowest BCUT2D eigenvalue weighted by atomic mass is 9.74. The lowest BCUT2D eigenvalue weighted by Crippen LogP contribution is -2.49. The third-order valence-electron chi connectivity index (χ3n) is 4.70. The number of benzene rings is 1. The Morgan fingerprint density at radius 1 is 1.40 bits per heavy atom. The van der Waals surface area contributed by atoms with E-state index in [9.17, 15) is 9.90 Å². The Kier molecular flexibility index (Phi) is 6.39. The number of likely N-dealkylation sites (tertiary alicyclic amines) is 1. The molecule has 1 amide bonds. The van der Waals surface area contributed by atoms with E-state index in [-0.39, 0.29) is 12.0 Å². The van der Waals surface area contributed by atoms with Crippen LogP contribution in [0.4, 0.5) is 4.79 Å². The predicted molar refractivity (Wildman–Crippen MR) is 101 cm³/mol. The van der Waals surface area contributed by atoms with Gasteiger partial charge in [-0.05, 0) is 57.7 Å². The molecule has 0 aliphatic carbocycles. The van der Waals surface area contributed by atoms with Gasteiger partial charge in [-0.15, -0.1) is 0 Å². The highest BCUT2D eigenvalue weighted by Crippen LogP contribution is 2.40. The Labute approximate surface area is 156 Å². The molecule has 0 radical (unpaired) electrons. The minimum absolute atomic E-state index is 0.0350. The predicted octanol–water partition coefficient (Wildman–Crippen LogP) is 4.97. The van der Waals surface area contributed by atoms with E-state index in [2.05, 4.69) is 6.92 Å². The molecule has 1 aliphatic rings. The molecule has 0 aromatic heterocycles. The van der Waals surface area contributed by atoms with Gasteiger partial charge in [-0.2, -0.15) is 0 Å². The van der Waals surface area contributed by atoms with Crippen LogP contribution in [0.3, 0.4) is 0 Å². The number of hydrogen-bond acceptors (Lipinski definition) is 3. The average Bonchev–Trinajstić information content (AvgIpc) is 2.53. The summed E-state index contributed by atoms with van der Waals surface area (Å²) in [6.45, 7) is 8.83. The highest BCUT2D eigenvalue weighted by Gasteiger charge is 2.41. The van der Waals surface area contributed by atoms with Gasteiger partial charge < -0.3 is 14.7 Å². The molecular weight excluding hydrogens is 338 g/mol. The van der Waals surface area contributed by atoms with Crippen molar-refractivity contribution in [3.63, 3.8) is 0 Å². The molecule has 1 aromatic carbocycles. The number of aliphatic hydroxyl groups is 1. The Balaban J connectivity index is 2.22. The van der Waals surface area contributed by atoms with Crippen LogP contribution >= 0.6 is 11.6 Å². The molecule has 1 N–H and O–H groups in total. The van der Waals surface area contributed by atoms with Crippen LogP contribution in [0, 0.1) is 5.92 Å². The van der Waals surface area contributed by atoms with E-state index in [0.29, 0.717) is 24.5 Å². The van der Waals surface area contributed by atoms with Gasteiger partial charge in [-0.25, -0.2) is 4.79 Å². The van der Waals surface area contributed by atoms with Crippen molar-refractivity contribution in [2.24, 2.45) is 5.92 Å². The lowest BCUT2D eigenvalue weighted by molar-refractivity contribution is -0.0627. The summed E-state index contributed by atoms with van der Waals surface area (Å²) in [6.07, 6.45) is 2.92. The molecule has 1 aromatic rings.